The molecule has 0 aliphatic rings. The second-order valence-corrected chi connectivity index (χ2v) is 5.83. The minimum absolute atomic E-state index is 0.191. The Balaban J connectivity index is 2.28. The number of nitrogens with two attached hydrogens (primary N) is 1. The Morgan fingerprint density at radius 2 is 2.20 bits per heavy atom. The number of rotatable bonds is 2. The molecule has 0 radical (unpaired) electrons. The second-order valence-electron chi connectivity index (χ2n) is 4.11. The minimum atomic E-state index is -0.191. The lowest BCUT2D eigenvalue weighted by atomic mass is 10.1. The van der Waals surface area contributed by atoms with E-state index in [1.165, 1.54) is 11.3 Å². The molecule has 1 aromatic heterocycles. The zero-order valence-corrected chi connectivity index (χ0v) is 12.4. The van der Waals surface area contributed by atoms with Gasteiger partial charge in [-0.15, -0.1) is 11.3 Å². The third kappa shape index (κ3) is 3.61. The predicted molar refractivity (Wildman–Crippen MR) is 84.4 cm³/mol. The average molecular weight is 305 g/mol. The molecule has 0 saturated carbocycles. The highest BCUT2D eigenvalue weighted by molar-refractivity contribution is 7.18. The molecule has 0 bridgehead atoms. The molecule has 3 N–H and O–H groups in total. The molecule has 2 aromatic rings. The van der Waals surface area contributed by atoms with Gasteiger partial charge in [-0.05, 0) is 36.8 Å². The van der Waals surface area contributed by atoms with Gasteiger partial charge in [0.05, 0.1) is 21.4 Å². The summed E-state index contributed by atoms with van der Waals surface area (Å²) in [5.74, 6) is 5.55. The van der Waals surface area contributed by atoms with Crippen molar-refractivity contribution in [1.29, 1.82) is 0 Å². The Labute approximate surface area is 126 Å². The molecule has 0 spiro atoms. The lowest BCUT2D eigenvalue weighted by molar-refractivity contribution is 0.103. The van der Waals surface area contributed by atoms with Crippen LogP contribution in [-0.2, 0) is 0 Å². The third-order valence-electron chi connectivity index (χ3n) is 2.55. The fraction of sp³-hybridized carbons (Fsp3) is 0.133. The third-order valence-corrected chi connectivity index (χ3v) is 3.78. The van der Waals surface area contributed by atoms with Gasteiger partial charge in [0.2, 0.25) is 0 Å². The van der Waals surface area contributed by atoms with E-state index < -0.39 is 0 Å². The summed E-state index contributed by atoms with van der Waals surface area (Å²) >= 11 is 7.08. The maximum atomic E-state index is 12.1. The van der Waals surface area contributed by atoms with E-state index >= 15 is 0 Å². The first-order valence-electron chi connectivity index (χ1n) is 5.96. The minimum Gasteiger partial charge on any atom is -0.320 e. The van der Waals surface area contributed by atoms with Crippen LogP contribution in [0.3, 0.4) is 0 Å². The maximum Gasteiger partial charge on any atom is 0.265 e. The molecule has 2 rings (SSSR count). The van der Waals surface area contributed by atoms with E-state index in [9.17, 15) is 4.79 Å². The van der Waals surface area contributed by atoms with Crippen molar-refractivity contribution in [2.24, 2.45) is 5.73 Å². The van der Waals surface area contributed by atoms with Crippen molar-refractivity contribution in [3.63, 3.8) is 0 Å². The predicted octanol–water partition coefficient (Wildman–Crippen LogP) is 3.27. The van der Waals surface area contributed by atoms with Gasteiger partial charge < -0.3 is 11.1 Å². The van der Waals surface area contributed by atoms with Crippen molar-refractivity contribution in [3.8, 4) is 11.8 Å². The first-order chi connectivity index (χ1) is 9.60. The van der Waals surface area contributed by atoms with Crippen molar-refractivity contribution >= 4 is 34.5 Å². The lowest BCUT2D eigenvalue weighted by Gasteiger charge is -2.07. The quantitative estimate of drug-likeness (QED) is 0.837. The molecule has 0 aliphatic heterocycles. The summed E-state index contributed by atoms with van der Waals surface area (Å²) in [5, 5.41) is 2.86. The van der Waals surface area contributed by atoms with Crippen LogP contribution < -0.4 is 11.1 Å². The summed E-state index contributed by atoms with van der Waals surface area (Å²) < 4.78 is 0.586. The zero-order chi connectivity index (χ0) is 14.5. The van der Waals surface area contributed by atoms with Crippen LogP contribution in [0.25, 0.3) is 0 Å². The Kier molecular flexibility index (Phi) is 4.80. The summed E-state index contributed by atoms with van der Waals surface area (Å²) in [4.78, 5) is 12.7. The summed E-state index contributed by atoms with van der Waals surface area (Å²) in [7, 11) is 0. The van der Waals surface area contributed by atoms with Gasteiger partial charge in [0.15, 0.2) is 0 Å². The Hall–Kier alpha value is -1.80. The van der Waals surface area contributed by atoms with E-state index in [2.05, 4.69) is 17.2 Å². The van der Waals surface area contributed by atoms with Crippen LogP contribution >= 0.6 is 22.9 Å². The number of halogens is 1. The molecule has 0 aliphatic carbocycles. The van der Waals surface area contributed by atoms with Gasteiger partial charge in [-0.2, -0.15) is 0 Å². The van der Waals surface area contributed by atoms with Gasteiger partial charge in [-0.3, -0.25) is 4.79 Å². The highest BCUT2D eigenvalue weighted by Crippen LogP contribution is 2.23. The molecule has 1 amide bonds. The molecule has 1 heterocycles. The number of benzene rings is 1. The number of carbonyl (C=O) groups is 1. The monoisotopic (exact) mass is 304 g/mol. The SMILES string of the molecule is Cc1ccc(C#CCN)c(NC(=O)c2ccc(Cl)s2)c1. The van der Waals surface area contributed by atoms with Gasteiger partial charge in [-0.1, -0.05) is 29.5 Å². The van der Waals surface area contributed by atoms with Crippen LogP contribution in [0, 0.1) is 18.8 Å². The summed E-state index contributed by atoms with van der Waals surface area (Å²) in [6.45, 7) is 2.24. The molecule has 0 unspecified atom stereocenters. The van der Waals surface area contributed by atoms with E-state index in [0.29, 0.717) is 14.9 Å². The molecule has 0 fully saturated rings. The van der Waals surface area contributed by atoms with Crippen molar-refractivity contribution in [1.82, 2.24) is 0 Å². The molecule has 5 heteroatoms. The highest BCUT2D eigenvalue weighted by atomic mass is 35.5. The number of anilines is 1. The molecule has 0 saturated heterocycles. The van der Waals surface area contributed by atoms with E-state index in [-0.39, 0.29) is 12.5 Å². The van der Waals surface area contributed by atoms with Crippen molar-refractivity contribution < 1.29 is 4.79 Å². The van der Waals surface area contributed by atoms with Gasteiger partial charge >= 0.3 is 0 Å². The van der Waals surface area contributed by atoms with E-state index in [1.54, 1.807) is 12.1 Å². The topological polar surface area (TPSA) is 55.1 Å². The standard InChI is InChI=1S/C15H13ClN2OS/c1-10-4-5-11(3-2-8-17)12(9-10)18-15(19)13-6-7-14(16)20-13/h4-7,9H,8,17H2,1H3,(H,18,19). The van der Waals surface area contributed by atoms with E-state index in [4.69, 9.17) is 17.3 Å². The smallest absolute Gasteiger partial charge is 0.265 e. The lowest BCUT2D eigenvalue weighted by Crippen LogP contribution is -2.11. The number of thiophene rings is 1. The fourth-order valence-electron chi connectivity index (χ4n) is 1.64. The van der Waals surface area contributed by atoms with Gasteiger partial charge in [0.25, 0.3) is 5.91 Å². The molecule has 0 atom stereocenters. The van der Waals surface area contributed by atoms with E-state index in [0.717, 1.165) is 11.1 Å². The number of hydrogen-bond donors (Lipinski definition) is 2. The molecule has 102 valence electrons. The van der Waals surface area contributed by atoms with Gasteiger partial charge in [-0.25, -0.2) is 0 Å². The number of nitrogens with one attached hydrogen (secondary N) is 1. The Morgan fingerprint density at radius 1 is 1.40 bits per heavy atom. The summed E-state index contributed by atoms with van der Waals surface area (Å²) in [6.07, 6.45) is 0. The first kappa shape index (κ1) is 14.6. The van der Waals surface area contributed by atoms with E-state index in [1.807, 2.05) is 25.1 Å². The van der Waals surface area contributed by atoms with Crippen molar-refractivity contribution in [3.05, 3.63) is 50.7 Å². The molecule has 1 aromatic carbocycles. The van der Waals surface area contributed by atoms with Crippen LogP contribution in [0.15, 0.2) is 30.3 Å². The summed E-state index contributed by atoms with van der Waals surface area (Å²) in [5.41, 5.74) is 7.85. The second kappa shape index (κ2) is 6.58. The number of aryl methyl sites for hydroxylation is 1. The molecule has 20 heavy (non-hydrogen) atoms. The highest BCUT2D eigenvalue weighted by Gasteiger charge is 2.11. The van der Waals surface area contributed by atoms with Gasteiger partial charge in [0, 0.05) is 5.56 Å². The zero-order valence-electron chi connectivity index (χ0n) is 10.9. The molecular formula is C15H13ClN2OS. The molecule has 3 nitrogen and oxygen atoms in total. The van der Waals surface area contributed by atoms with Crippen LogP contribution in [0.1, 0.15) is 20.8 Å². The summed E-state index contributed by atoms with van der Waals surface area (Å²) in [6, 6.07) is 9.09. The Morgan fingerprint density at radius 3 is 2.85 bits per heavy atom. The average Bonchev–Trinajstić information content (AvgIpc) is 2.85. The van der Waals surface area contributed by atoms with Crippen LogP contribution in [0.5, 0.6) is 0 Å². The fourth-order valence-corrected chi connectivity index (χ4v) is 2.58. The first-order valence-corrected chi connectivity index (χ1v) is 7.16. The van der Waals surface area contributed by atoms with Crippen LogP contribution in [0.4, 0.5) is 5.69 Å². The van der Waals surface area contributed by atoms with Crippen molar-refractivity contribution in [2.45, 2.75) is 6.92 Å². The maximum absolute atomic E-state index is 12.1. The number of amides is 1. The number of carbonyl (C=O) groups excluding carboxylic acids is 1. The van der Waals surface area contributed by atoms with Gasteiger partial charge in [0.1, 0.15) is 0 Å². The van der Waals surface area contributed by atoms with Crippen LogP contribution in [-0.4, -0.2) is 12.5 Å². The molecular weight excluding hydrogens is 292 g/mol. The number of hydrogen-bond acceptors (Lipinski definition) is 3. The normalized spacial score (nSPS) is 9.75. The van der Waals surface area contributed by atoms with Crippen LogP contribution in [0.2, 0.25) is 4.34 Å². The Bertz CT molecular complexity index is 697. The largest absolute Gasteiger partial charge is 0.320 e. The van der Waals surface area contributed by atoms with Crippen molar-refractivity contribution in [2.75, 3.05) is 11.9 Å².